The molecule has 0 rings (SSSR count). The number of hydrogen-bond donors (Lipinski definition) is 4. The van der Waals surface area contributed by atoms with E-state index in [-0.39, 0.29) is 48.9 Å². The van der Waals surface area contributed by atoms with Gasteiger partial charge >= 0.3 is 13.8 Å². The van der Waals surface area contributed by atoms with Crippen molar-refractivity contribution in [2.24, 2.45) is 5.73 Å². The van der Waals surface area contributed by atoms with Crippen LogP contribution in [0.4, 0.5) is 0 Å². The molecule has 2 radical (unpaired) electrons. The van der Waals surface area contributed by atoms with Crippen LogP contribution in [0.15, 0.2) is 0 Å². The summed E-state index contributed by atoms with van der Waals surface area (Å²) in [4.78, 5) is 26.1. The van der Waals surface area contributed by atoms with Gasteiger partial charge in [0.15, 0.2) is 0 Å². The minimum Gasteiger partial charge on any atom is -0.480 e. The van der Waals surface area contributed by atoms with Gasteiger partial charge in [-0.05, 0) is 0 Å². The van der Waals surface area contributed by atoms with E-state index >= 15 is 0 Å². The van der Waals surface area contributed by atoms with Gasteiger partial charge in [0.25, 0.3) is 0 Å². The van der Waals surface area contributed by atoms with Crippen molar-refractivity contribution in [2.45, 2.75) is 6.04 Å². The molecule has 0 heterocycles. The summed E-state index contributed by atoms with van der Waals surface area (Å²) >= 11 is 0. The van der Waals surface area contributed by atoms with Crippen molar-refractivity contribution in [1.29, 1.82) is 0 Å². The van der Waals surface area contributed by atoms with Gasteiger partial charge in [0.1, 0.15) is 6.04 Å². The summed E-state index contributed by atoms with van der Waals surface area (Å²) in [6.45, 7) is -0.709. The van der Waals surface area contributed by atoms with Gasteiger partial charge < -0.3 is 20.6 Å². The Hall–Kier alpha value is 1.11. The maximum Gasteiger partial charge on any atom is 0.469 e. The molecule has 0 amide bonds. The SMILES string of the molecule is NC(COP(=O)(O)O)C(=O)O.[Ba]. The Kier molecular flexibility index (Phi) is 8.50. The topological polar surface area (TPSA) is 130 Å². The minimum absolute atomic E-state index is 0. The van der Waals surface area contributed by atoms with E-state index in [0.29, 0.717) is 0 Å². The first kappa shape index (κ1) is 15.6. The van der Waals surface area contributed by atoms with E-state index in [1.165, 1.54) is 0 Å². The molecule has 0 fully saturated rings. The molecule has 0 aromatic rings. The van der Waals surface area contributed by atoms with Gasteiger partial charge in [-0.1, -0.05) is 0 Å². The zero-order valence-corrected chi connectivity index (χ0v) is 11.4. The molecule has 0 saturated heterocycles. The average molecular weight is 322 g/mol. The first-order valence-electron chi connectivity index (χ1n) is 2.51. The van der Waals surface area contributed by atoms with Crippen molar-refractivity contribution in [3.05, 3.63) is 0 Å². The molecule has 9 heteroatoms. The van der Waals surface area contributed by atoms with Gasteiger partial charge in [-0.15, -0.1) is 0 Å². The molecule has 1 unspecified atom stereocenters. The summed E-state index contributed by atoms with van der Waals surface area (Å²) in [6, 6.07) is -1.41. The minimum atomic E-state index is -4.60. The summed E-state index contributed by atoms with van der Waals surface area (Å²) in [5.41, 5.74) is 4.86. The molecular weight excluding hydrogens is 314 g/mol. The summed E-state index contributed by atoms with van der Waals surface area (Å²) in [7, 11) is -4.60. The van der Waals surface area contributed by atoms with E-state index < -0.39 is 26.4 Å². The fourth-order valence-electron chi connectivity index (χ4n) is 0.249. The largest absolute Gasteiger partial charge is 0.480 e. The van der Waals surface area contributed by atoms with Crippen molar-refractivity contribution in [3.8, 4) is 0 Å². The molecule has 0 saturated carbocycles. The number of carboxylic acid groups (broad SMARTS) is 1. The quantitative estimate of drug-likeness (QED) is 0.352. The van der Waals surface area contributed by atoms with Crippen molar-refractivity contribution in [3.63, 3.8) is 0 Å². The Labute approximate surface area is 109 Å². The molecule has 0 aromatic heterocycles. The third-order valence-electron chi connectivity index (χ3n) is 0.739. The second-order valence-electron chi connectivity index (χ2n) is 1.73. The second-order valence-corrected chi connectivity index (χ2v) is 2.97. The fraction of sp³-hybridized carbons (Fsp3) is 0.667. The number of rotatable bonds is 4. The predicted molar refractivity (Wildman–Crippen MR) is 39.4 cm³/mol. The van der Waals surface area contributed by atoms with Gasteiger partial charge in [-0.2, -0.15) is 0 Å². The van der Waals surface area contributed by atoms with E-state index in [9.17, 15) is 9.36 Å². The van der Waals surface area contributed by atoms with E-state index in [1.807, 2.05) is 0 Å². The second kappa shape index (κ2) is 6.55. The predicted octanol–water partition coefficient (Wildman–Crippen LogP) is -1.87. The third kappa shape index (κ3) is 9.20. The molecule has 12 heavy (non-hydrogen) atoms. The van der Waals surface area contributed by atoms with E-state index in [1.54, 1.807) is 0 Å². The van der Waals surface area contributed by atoms with Gasteiger partial charge in [-0.25, -0.2) is 4.57 Å². The molecule has 0 aliphatic heterocycles. The molecule has 5 N–H and O–H groups in total. The smallest absolute Gasteiger partial charge is 0.469 e. The summed E-state index contributed by atoms with van der Waals surface area (Å²) in [5.74, 6) is -1.38. The average Bonchev–Trinajstić information content (AvgIpc) is 1.80. The van der Waals surface area contributed by atoms with Crippen LogP contribution in [0.1, 0.15) is 0 Å². The Morgan fingerprint density at radius 3 is 2.25 bits per heavy atom. The van der Waals surface area contributed by atoms with Crippen LogP contribution in [0, 0.1) is 0 Å². The van der Waals surface area contributed by atoms with E-state index in [0.717, 1.165) is 0 Å². The number of phosphoric acid groups is 1. The fourth-order valence-corrected chi connectivity index (χ4v) is 0.603. The summed E-state index contributed by atoms with van der Waals surface area (Å²) in [6.07, 6.45) is 0. The first-order valence-corrected chi connectivity index (χ1v) is 4.04. The monoisotopic (exact) mass is 323 g/mol. The maximum atomic E-state index is 9.98. The zero-order chi connectivity index (χ0) is 9.07. The standard InChI is InChI=1S/C3H8NO6P.Ba/c4-2(3(5)6)1-10-11(7,8)9;/h2H,1,4H2,(H,5,6)(H2,7,8,9);. The molecule has 0 aromatic carbocycles. The maximum absolute atomic E-state index is 9.98. The normalized spacial score (nSPS) is 13.2. The number of aliphatic carboxylic acids is 1. The van der Waals surface area contributed by atoms with Gasteiger partial charge in [0, 0.05) is 48.9 Å². The third-order valence-corrected chi connectivity index (χ3v) is 1.22. The van der Waals surface area contributed by atoms with Crippen LogP contribution >= 0.6 is 7.82 Å². The number of carbonyl (C=O) groups is 1. The molecule has 1 atom stereocenters. The molecule has 68 valence electrons. The molecule has 0 aliphatic carbocycles. The first-order chi connectivity index (χ1) is 4.83. The molecule has 0 aliphatic rings. The molecule has 7 nitrogen and oxygen atoms in total. The van der Waals surface area contributed by atoms with Crippen LogP contribution in [0.3, 0.4) is 0 Å². The van der Waals surface area contributed by atoms with Crippen molar-refractivity contribution >= 4 is 62.7 Å². The van der Waals surface area contributed by atoms with Crippen LogP contribution in [0.5, 0.6) is 0 Å². The van der Waals surface area contributed by atoms with Crippen LogP contribution in [-0.4, -0.2) is 82.4 Å². The molecule has 0 spiro atoms. The van der Waals surface area contributed by atoms with E-state index in [2.05, 4.69) is 4.52 Å². The number of carboxylic acids is 1. The van der Waals surface area contributed by atoms with E-state index in [4.69, 9.17) is 20.6 Å². The zero-order valence-electron chi connectivity index (χ0n) is 6.08. The van der Waals surface area contributed by atoms with Crippen molar-refractivity contribution in [1.82, 2.24) is 0 Å². The van der Waals surface area contributed by atoms with Crippen LogP contribution in [-0.2, 0) is 13.9 Å². The number of nitrogens with two attached hydrogens (primary N) is 1. The Morgan fingerprint density at radius 1 is 1.58 bits per heavy atom. The van der Waals surface area contributed by atoms with Crippen molar-refractivity contribution in [2.75, 3.05) is 6.61 Å². The molecule has 0 bridgehead atoms. The Bertz CT molecular complexity index is 191. The van der Waals surface area contributed by atoms with Crippen LogP contribution < -0.4 is 5.73 Å². The van der Waals surface area contributed by atoms with Gasteiger partial charge in [0.2, 0.25) is 0 Å². The molecular formula is C3H8BaNO6P. The summed E-state index contributed by atoms with van der Waals surface area (Å²) in [5, 5.41) is 8.12. The van der Waals surface area contributed by atoms with Crippen LogP contribution in [0.2, 0.25) is 0 Å². The van der Waals surface area contributed by atoms with Crippen molar-refractivity contribution < 1.29 is 28.8 Å². The Balaban J connectivity index is 0. The van der Waals surface area contributed by atoms with Gasteiger partial charge in [-0.3, -0.25) is 9.32 Å². The van der Waals surface area contributed by atoms with Gasteiger partial charge in [0.05, 0.1) is 6.61 Å². The van der Waals surface area contributed by atoms with Crippen LogP contribution in [0.25, 0.3) is 0 Å². The number of hydrogen-bond acceptors (Lipinski definition) is 4. The number of phosphoric ester groups is 1. The summed E-state index contributed by atoms with van der Waals surface area (Å²) < 4.78 is 13.8. The Morgan fingerprint density at radius 2 is 2.00 bits per heavy atom.